The molecule has 24 heavy (non-hydrogen) atoms. The zero-order chi connectivity index (χ0) is 17.1. The highest BCUT2D eigenvalue weighted by Gasteiger charge is 2.29. The Labute approximate surface area is 146 Å². The summed E-state index contributed by atoms with van der Waals surface area (Å²) in [5, 5.41) is 4.27. The first-order valence-electron chi connectivity index (χ1n) is 8.19. The number of hydrogen-bond acceptors (Lipinski definition) is 5. The van der Waals surface area contributed by atoms with Gasteiger partial charge in [0.25, 0.3) is 0 Å². The summed E-state index contributed by atoms with van der Waals surface area (Å²) in [5.41, 5.74) is 2.01. The van der Waals surface area contributed by atoms with Gasteiger partial charge in [0.1, 0.15) is 5.75 Å². The van der Waals surface area contributed by atoms with Gasteiger partial charge in [-0.3, -0.25) is 4.79 Å². The molecule has 2 aromatic rings. The van der Waals surface area contributed by atoms with E-state index in [1.165, 1.54) is 10.6 Å². The fourth-order valence-electron chi connectivity index (χ4n) is 3.15. The van der Waals surface area contributed by atoms with Gasteiger partial charge in [0.2, 0.25) is 5.91 Å². The van der Waals surface area contributed by atoms with Gasteiger partial charge in [0.05, 0.1) is 41.0 Å². The van der Waals surface area contributed by atoms with E-state index in [0.717, 1.165) is 35.7 Å². The minimum atomic E-state index is 0.0739. The summed E-state index contributed by atoms with van der Waals surface area (Å²) in [4.78, 5) is 20.4. The van der Waals surface area contributed by atoms with Crippen molar-refractivity contribution < 1.29 is 9.53 Å². The van der Waals surface area contributed by atoms with Gasteiger partial charge in [0.15, 0.2) is 0 Å². The van der Waals surface area contributed by atoms with Crippen molar-refractivity contribution in [3.05, 3.63) is 39.8 Å². The molecule has 3 rings (SSSR count). The van der Waals surface area contributed by atoms with Gasteiger partial charge in [-0.25, -0.2) is 4.98 Å². The van der Waals surface area contributed by atoms with E-state index in [9.17, 15) is 4.79 Å². The molecule has 1 atom stereocenters. The molecule has 1 aromatic carbocycles. The predicted molar refractivity (Wildman–Crippen MR) is 96.8 cm³/mol. The molecule has 0 aliphatic heterocycles. The number of nitrogens with zero attached hydrogens (tertiary/aromatic N) is 2. The van der Waals surface area contributed by atoms with Crippen LogP contribution in [0.5, 0.6) is 5.75 Å². The molecule has 5 nitrogen and oxygen atoms in total. The monoisotopic (exact) mass is 345 g/mol. The summed E-state index contributed by atoms with van der Waals surface area (Å²) in [5.74, 6) is 0.816. The smallest absolute Gasteiger partial charge is 0.242 e. The number of anilines is 1. The fraction of sp³-hybridized carbons (Fsp3) is 0.444. The number of carbonyl (C=O) groups excluding carboxylic acids is 1. The molecule has 1 amide bonds. The van der Waals surface area contributed by atoms with E-state index in [-0.39, 0.29) is 18.5 Å². The Morgan fingerprint density at radius 3 is 3.04 bits per heavy atom. The lowest BCUT2D eigenvalue weighted by Gasteiger charge is -2.31. The number of aromatic nitrogens is 1. The predicted octanol–water partition coefficient (Wildman–Crippen LogP) is 3.41. The number of fused-ring (bicyclic) bond motifs is 1. The Balaban J connectivity index is 1.67. The van der Waals surface area contributed by atoms with Crippen molar-refractivity contribution in [2.24, 2.45) is 0 Å². The van der Waals surface area contributed by atoms with Crippen LogP contribution in [0.2, 0.25) is 0 Å². The van der Waals surface area contributed by atoms with Gasteiger partial charge in [-0.2, -0.15) is 0 Å². The summed E-state index contributed by atoms with van der Waals surface area (Å²) in [7, 11) is 3.52. The Bertz CT molecular complexity index is 729. The SMILES string of the molecule is COc1ccccc1NCC(=O)N(C)[C@H]1CCCc2nc(C)sc21. The molecule has 1 aliphatic carbocycles. The van der Waals surface area contributed by atoms with Crippen molar-refractivity contribution in [3.8, 4) is 5.75 Å². The fourth-order valence-corrected chi connectivity index (χ4v) is 4.30. The van der Waals surface area contributed by atoms with E-state index in [1.54, 1.807) is 18.4 Å². The summed E-state index contributed by atoms with van der Waals surface area (Å²) in [6.07, 6.45) is 3.11. The normalized spacial score (nSPS) is 16.4. The van der Waals surface area contributed by atoms with E-state index in [1.807, 2.05) is 43.1 Å². The second kappa shape index (κ2) is 7.21. The number of para-hydroxylation sites is 2. The van der Waals surface area contributed by atoms with Crippen LogP contribution in [0.25, 0.3) is 0 Å². The summed E-state index contributed by atoms with van der Waals surface area (Å²) in [6.45, 7) is 2.28. The van der Waals surface area contributed by atoms with E-state index in [4.69, 9.17) is 4.74 Å². The zero-order valence-corrected chi connectivity index (χ0v) is 15.2. The lowest BCUT2D eigenvalue weighted by molar-refractivity contribution is -0.130. The maximum Gasteiger partial charge on any atom is 0.242 e. The average Bonchev–Trinajstić information content (AvgIpc) is 2.99. The molecule has 6 heteroatoms. The largest absolute Gasteiger partial charge is 0.495 e. The van der Waals surface area contributed by atoms with Crippen LogP contribution in [0.1, 0.15) is 34.5 Å². The number of amides is 1. The van der Waals surface area contributed by atoms with Gasteiger partial charge in [-0.1, -0.05) is 12.1 Å². The Morgan fingerprint density at radius 1 is 1.46 bits per heavy atom. The molecule has 128 valence electrons. The molecule has 0 bridgehead atoms. The van der Waals surface area contributed by atoms with Crippen molar-refractivity contribution in [1.82, 2.24) is 9.88 Å². The number of ether oxygens (including phenoxy) is 1. The highest BCUT2D eigenvalue weighted by molar-refractivity contribution is 7.11. The number of benzene rings is 1. The van der Waals surface area contributed by atoms with Gasteiger partial charge < -0.3 is 15.0 Å². The molecular formula is C18H23N3O2S. The van der Waals surface area contributed by atoms with Crippen LogP contribution in [0.3, 0.4) is 0 Å². The topological polar surface area (TPSA) is 54.5 Å². The maximum absolute atomic E-state index is 12.6. The second-order valence-electron chi connectivity index (χ2n) is 6.01. The Morgan fingerprint density at radius 2 is 2.25 bits per heavy atom. The first kappa shape index (κ1) is 16.8. The minimum Gasteiger partial charge on any atom is -0.495 e. The van der Waals surface area contributed by atoms with Crippen molar-refractivity contribution in [2.45, 2.75) is 32.2 Å². The van der Waals surface area contributed by atoms with Crippen LogP contribution in [0.15, 0.2) is 24.3 Å². The molecule has 1 heterocycles. The zero-order valence-electron chi connectivity index (χ0n) is 14.3. The van der Waals surface area contributed by atoms with Gasteiger partial charge in [-0.05, 0) is 38.3 Å². The second-order valence-corrected chi connectivity index (χ2v) is 7.25. The van der Waals surface area contributed by atoms with Gasteiger partial charge in [0, 0.05) is 7.05 Å². The number of thiazole rings is 1. The summed E-state index contributed by atoms with van der Waals surface area (Å²) < 4.78 is 5.31. The molecule has 0 saturated carbocycles. The van der Waals surface area contributed by atoms with E-state index >= 15 is 0 Å². The van der Waals surface area contributed by atoms with Crippen LogP contribution in [-0.4, -0.2) is 36.5 Å². The van der Waals surface area contributed by atoms with Crippen molar-refractivity contribution in [1.29, 1.82) is 0 Å². The van der Waals surface area contributed by atoms with E-state index in [2.05, 4.69) is 10.3 Å². The molecule has 0 fully saturated rings. The highest BCUT2D eigenvalue weighted by Crippen LogP contribution is 2.37. The number of hydrogen-bond donors (Lipinski definition) is 1. The number of aryl methyl sites for hydroxylation is 2. The van der Waals surface area contributed by atoms with Crippen LogP contribution >= 0.6 is 11.3 Å². The maximum atomic E-state index is 12.6. The molecule has 1 N–H and O–H groups in total. The lowest BCUT2D eigenvalue weighted by Crippen LogP contribution is -2.36. The average molecular weight is 345 g/mol. The standard InChI is InChI=1S/C18H23N3O2S/c1-12-20-14-8-6-9-15(18(14)24-12)21(2)17(22)11-19-13-7-4-5-10-16(13)23-3/h4-5,7,10,15,19H,6,8-9,11H2,1-3H3/t15-/m0/s1. The molecular weight excluding hydrogens is 322 g/mol. The first-order valence-corrected chi connectivity index (χ1v) is 9.00. The number of methoxy groups -OCH3 is 1. The third-order valence-electron chi connectivity index (χ3n) is 4.43. The number of rotatable bonds is 5. The van der Waals surface area contributed by atoms with Crippen LogP contribution in [0, 0.1) is 6.92 Å². The van der Waals surface area contributed by atoms with Gasteiger partial charge >= 0.3 is 0 Å². The number of carbonyl (C=O) groups is 1. The summed E-state index contributed by atoms with van der Waals surface area (Å²) in [6, 6.07) is 7.77. The summed E-state index contributed by atoms with van der Waals surface area (Å²) >= 11 is 1.72. The highest BCUT2D eigenvalue weighted by atomic mass is 32.1. The van der Waals surface area contributed by atoms with Crippen molar-refractivity contribution in [3.63, 3.8) is 0 Å². The Kier molecular flexibility index (Phi) is 5.04. The van der Waals surface area contributed by atoms with E-state index < -0.39 is 0 Å². The quantitative estimate of drug-likeness (QED) is 0.902. The Hall–Kier alpha value is -2.08. The molecule has 0 saturated heterocycles. The van der Waals surface area contributed by atoms with Crippen LogP contribution in [0.4, 0.5) is 5.69 Å². The molecule has 0 unspecified atom stereocenters. The minimum absolute atomic E-state index is 0.0739. The molecule has 0 radical (unpaired) electrons. The third-order valence-corrected chi connectivity index (χ3v) is 5.54. The number of likely N-dealkylation sites (N-methyl/N-ethyl adjacent to an activating group) is 1. The molecule has 1 aliphatic rings. The van der Waals surface area contributed by atoms with E-state index in [0.29, 0.717) is 0 Å². The third kappa shape index (κ3) is 3.38. The lowest BCUT2D eigenvalue weighted by atomic mass is 9.97. The molecule has 1 aromatic heterocycles. The number of nitrogens with one attached hydrogen (secondary N) is 1. The van der Waals surface area contributed by atoms with Crippen LogP contribution in [-0.2, 0) is 11.2 Å². The van der Waals surface area contributed by atoms with Gasteiger partial charge in [-0.15, -0.1) is 11.3 Å². The molecule has 0 spiro atoms. The van der Waals surface area contributed by atoms with Crippen molar-refractivity contribution >= 4 is 22.9 Å². The first-order chi connectivity index (χ1) is 11.6. The van der Waals surface area contributed by atoms with Crippen LogP contribution < -0.4 is 10.1 Å². The van der Waals surface area contributed by atoms with Crippen molar-refractivity contribution in [2.75, 3.05) is 26.0 Å².